The number of rotatable bonds is 6. The van der Waals surface area contributed by atoms with Crippen molar-refractivity contribution < 1.29 is 18.3 Å². The van der Waals surface area contributed by atoms with E-state index in [1.165, 1.54) is 0 Å². The fourth-order valence-corrected chi connectivity index (χ4v) is 3.22. The Morgan fingerprint density at radius 3 is 2.39 bits per heavy atom. The van der Waals surface area contributed by atoms with Gasteiger partial charge in [0.2, 0.25) is 0 Å². The van der Waals surface area contributed by atoms with Crippen molar-refractivity contribution in [3.8, 4) is 0 Å². The first-order valence-corrected chi connectivity index (χ1v) is 8.57. The van der Waals surface area contributed by atoms with Crippen molar-refractivity contribution in [3.05, 3.63) is 0 Å². The van der Waals surface area contributed by atoms with E-state index in [4.69, 9.17) is 0 Å². The highest BCUT2D eigenvalue weighted by Crippen LogP contribution is 2.33. The SMILES string of the molecule is CCS(=O)(=O)CCCC(=O)C1(O)CCC(C)CC1. The molecule has 0 radical (unpaired) electrons. The van der Waals surface area contributed by atoms with E-state index >= 15 is 0 Å². The topological polar surface area (TPSA) is 71.4 Å². The Bertz CT molecular complexity index is 378. The summed E-state index contributed by atoms with van der Waals surface area (Å²) in [5, 5.41) is 10.2. The fraction of sp³-hybridized carbons (Fsp3) is 0.923. The minimum Gasteiger partial charge on any atom is -0.382 e. The zero-order valence-electron chi connectivity index (χ0n) is 11.3. The molecule has 1 fully saturated rings. The Labute approximate surface area is 110 Å². The van der Waals surface area contributed by atoms with Gasteiger partial charge in [0.25, 0.3) is 0 Å². The molecule has 0 bridgehead atoms. The summed E-state index contributed by atoms with van der Waals surface area (Å²) in [5.74, 6) is 0.546. The minimum absolute atomic E-state index is 0.0434. The summed E-state index contributed by atoms with van der Waals surface area (Å²) in [6, 6.07) is 0. The quantitative estimate of drug-likeness (QED) is 0.801. The monoisotopic (exact) mass is 276 g/mol. The van der Waals surface area contributed by atoms with Crippen molar-refractivity contribution in [2.24, 2.45) is 5.92 Å². The van der Waals surface area contributed by atoms with Crippen LogP contribution in [0.25, 0.3) is 0 Å². The van der Waals surface area contributed by atoms with Crippen LogP contribution in [0.1, 0.15) is 52.4 Å². The minimum atomic E-state index is -3.01. The number of aliphatic hydroxyl groups is 1. The molecule has 0 aromatic heterocycles. The van der Waals surface area contributed by atoms with Crippen molar-refractivity contribution in [1.29, 1.82) is 0 Å². The zero-order valence-corrected chi connectivity index (χ0v) is 12.1. The van der Waals surface area contributed by atoms with Gasteiger partial charge in [0.05, 0.1) is 5.75 Å². The Balaban J connectivity index is 2.41. The second-order valence-electron chi connectivity index (χ2n) is 5.48. The molecule has 0 spiro atoms. The van der Waals surface area contributed by atoms with E-state index in [9.17, 15) is 18.3 Å². The molecule has 1 saturated carbocycles. The van der Waals surface area contributed by atoms with Crippen molar-refractivity contribution in [1.82, 2.24) is 0 Å². The lowest BCUT2D eigenvalue weighted by Crippen LogP contribution is -2.41. The van der Waals surface area contributed by atoms with Crippen molar-refractivity contribution in [2.45, 2.75) is 58.0 Å². The average molecular weight is 276 g/mol. The standard InChI is InChI=1S/C13H24O4S/c1-3-18(16,17)10-4-5-12(14)13(15)8-6-11(2)7-9-13/h11,15H,3-10H2,1-2H3. The maximum atomic E-state index is 12.0. The van der Waals surface area contributed by atoms with Gasteiger partial charge in [-0.25, -0.2) is 8.42 Å². The third-order valence-corrected chi connectivity index (χ3v) is 5.71. The first-order valence-electron chi connectivity index (χ1n) is 6.75. The highest BCUT2D eigenvalue weighted by atomic mass is 32.2. The van der Waals surface area contributed by atoms with Crippen LogP contribution in [0.5, 0.6) is 0 Å². The summed E-state index contributed by atoms with van der Waals surface area (Å²) < 4.78 is 22.6. The van der Waals surface area contributed by atoms with E-state index in [1.807, 2.05) is 0 Å². The van der Waals surface area contributed by atoms with Gasteiger partial charge in [-0.1, -0.05) is 13.8 Å². The van der Waals surface area contributed by atoms with Gasteiger partial charge in [-0.05, 0) is 38.0 Å². The van der Waals surface area contributed by atoms with Crippen LogP contribution < -0.4 is 0 Å². The molecule has 0 aromatic carbocycles. The smallest absolute Gasteiger partial charge is 0.164 e. The molecule has 5 heteroatoms. The Hall–Kier alpha value is -0.420. The maximum absolute atomic E-state index is 12.0. The van der Waals surface area contributed by atoms with Gasteiger partial charge in [0.1, 0.15) is 15.4 Å². The summed E-state index contributed by atoms with van der Waals surface area (Å²) in [6.45, 7) is 3.73. The molecular weight excluding hydrogens is 252 g/mol. The fourth-order valence-electron chi connectivity index (χ4n) is 2.35. The lowest BCUT2D eigenvalue weighted by Gasteiger charge is -2.33. The summed E-state index contributed by atoms with van der Waals surface area (Å²) in [7, 11) is -3.01. The van der Waals surface area contributed by atoms with Crippen molar-refractivity contribution >= 4 is 15.6 Å². The van der Waals surface area contributed by atoms with Crippen LogP contribution in [-0.2, 0) is 14.6 Å². The molecule has 0 aliphatic heterocycles. The van der Waals surface area contributed by atoms with Gasteiger partial charge in [0.15, 0.2) is 5.78 Å². The Morgan fingerprint density at radius 2 is 1.89 bits per heavy atom. The molecule has 18 heavy (non-hydrogen) atoms. The molecule has 1 aliphatic carbocycles. The summed E-state index contributed by atoms with van der Waals surface area (Å²) >= 11 is 0. The van der Waals surface area contributed by atoms with Crippen LogP contribution in [0, 0.1) is 5.92 Å². The van der Waals surface area contributed by atoms with E-state index < -0.39 is 15.4 Å². The van der Waals surface area contributed by atoms with Crippen LogP contribution >= 0.6 is 0 Å². The van der Waals surface area contributed by atoms with Gasteiger partial charge in [-0.15, -0.1) is 0 Å². The first kappa shape index (κ1) is 15.6. The predicted molar refractivity (Wildman–Crippen MR) is 71.2 cm³/mol. The van der Waals surface area contributed by atoms with Crippen molar-refractivity contribution in [3.63, 3.8) is 0 Å². The average Bonchev–Trinajstić information content (AvgIpc) is 2.33. The molecule has 106 valence electrons. The lowest BCUT2D eigenvalue weighted by atomic mass is 9.76. The second-order valence-corrected chi connectivity index (χ2v) is 7.95. The number of Topliss-reactive ketones (excluding diaryl/α,β-unsaturated/α-hetero) is 1. The lowest BCUT2D eigenvalue weighted by molar-refractivity contribution is -0.141. The van der Waals surface area contributed by atoms with E-state index in [-0.39, 0.29) is 23.7 Å². The van der Waals surface area contributed by atoms with E-state index in [0.717, 1.165) is 12.8 Å². The van der Waals surface area contributed by atoms with Gasteiger partial charge < -0.3 is 5.11 Å². The van der Waals surface area contributed by atoms with Crippen LogP contribution in [0.3, 0.4) is 0 Å². The molecular formula is C13H24O4S. The van der Waals surface area contributed by atoms with E-state index in [2.05, 4.69) is 6.92 Å². The molecule has 0 amide bonds. The number of hydrogen-bond acceptors (Lipinski definition) is 4. The second kappa shape index (κ2) is 6.15. The third kappa shape index (κ3) is 4.35. The van der Waals surface area contributed by atoms with Crippen LogP contribution in [0.2, 0.25) is 0 Å². The molecule has 0 atom stereocenters. The molecule has 1 aliphatic rings. The number of sulfone groups is 1. The van der Waals surface area contributed by atoms with Gasteiger partial charge in [0, 0.05) is 12.2 Å². The van der Waals surface area contributed by atoms with Crippen LogP contribution in [0.4, 0.5) is 0 Å². The molecule has 1 N–H and O–H groups in total. The Morgan fingerprint density at radius 1 is 1.33 bits per heavy atom. The van der Waals surface area contributed by atoms with Crippen LogP contribution in [0.15, 0.2) is 0 Å². The van der Waals surface area contributed by atoms with E-state index in [0.29, 0.717) is 25.2 Å². The number of carbonyl (C=O) groups is 1. The zero-order chi connectivity index (χ0) is 13.8. The molecule has 4 nitrogen and oxygen atoms in total. The Kier molecular flexibility index (Phi) is 5.34. The normalized spacial score (nSPS) is 29.2. The molecule has 0 aromatic rings. The molecule has 1 rings (SSSR count). The van der Waals surface area contributed by atoms with Crippen molar-refractivity contribution in [2.75, 3.05) is 11.5 Å². The van der Waals surface area contributed by atoms with Gasteiger partial charge >= 0.3 is 0 Å². The predicted octanol–water partition coefficient (Wildman–Crippen LogP) is 1.71. The third-order valence-electron chi connectivity index (χ3n) is 3.92. The largest absolute Gasteiger partial charge is 0.382 e. The van der Waals surface area contributed by atoms with E-state index in [1.54, 1.807) is 6.92 Å². The summed E-state index contributed by atoms with van der Waals surface area (Å²) in [6.07, 6.45) is 3.28. The highest BCUT2D eigenvalue weighted by molar-refractivity contribution is 7.91. The van der Waals surface area contributed by atoms with Crippen LogP contribution in [-0.4, -0.2) is 36.4 Å². The highest BCUT2D eigenvalue weighted by Gasteiger charge is 2.37. The molecule has 0 unspecified atom stereocenters. The molecule has 0 heterocycles. The van der Waals surface area contributed by atoms with Gasteiger partial charge in [-0.3, -0.25) is 4.79 Å². The summed E-state index contributed by atoms with van der Waals surface area (Å²) in [5.41, 5.74) is -1.19. The number of hydrogen-bond donors (Lipinski definition) is 1. The van der Waals surface area contributed by atoms with Gasteiger partial charge in [-0.2, -0.15) is 0 Å². The molecule has 0 saturated heterocycles. The summed E-state index contributed by atoms with van der Waals surface area (Å²) in [4.78, 5) is 12.0. The number of ketones is 1. The maximum Gasteiger partial charge on any atom is 0.164 e. The first-order chi connectivity index (χ1) is 8.29. The number of carbonyl (C=O) groups excluding carboxylic acids is 1.